The number of para-hydroxylation sites is 2. The molecule has 1 aromatic heterocycles. The number of aromatic nitrogens is 2. The van der Waals surface area contributed by atoms with Crippen molar-refractivity contribution in [3.63, 3.8) is 0 Å². The molecule has 0 bridgehead atoms. The Morgan fingerprint density at radius 1 is 1.04 bits per heavy atom. The van der Waals surface area contributed by atoms with E-state index >= 15 is 0 Å². The summed E-state index contributed by atoms with van der Waals surface area (Å²) in [6.07, 6.45) is 1.36. The number of methoxy groups -OCH3 is 1. The fraction of sp³-hybridized carbons (Fsp3) is 0.105. The molecule has 1 amide bonds. The minimum atomic E-state index is -0.376. The number of anilines is 4. The smallest absolute Gasteiger partial charge is 0.273 e. The van der Waals surface area contributed by atoms with Crippen LogP contribution >= 0.6 is 0 Å². The molecule has 8 heteroatoms. The average molecular weight is 364 g/mol. The Morgan fingerprint density at radius 3 is 2.52 bits per heavy atom. The Labute approximate surface area is 156 Å². The maximum Gasteiger partial charge on any atom is 0.273 e. The van der Waals surface area contributed by atoms with Crippen molar-refractivity contribution in [1.82, 2.24) is 15.4 Å². The number of carbonyl (C=O) groups is 1. The third kappa shape index (κ3) is 4.06. The summed E-state index contributed by atoms with van der Waals surface area (Å²) in [5.41, 5.74) is 14.0. The van der Waals surface area contributed by atoms with Gasteiger partial charge in [-0.05, 0) is 30.7 Å². The van der Waals surface area contributed by atoms with Gasteiger partial charge in [-0.15, -0.1) is 0 Å². The number of amides is 1. The largest absolute Gasteiger partial charge is 0.496 e. The minimum Gasteiger partial charge on any atom is -0.496 e. The van der Waals surface area contributed by atoms with E-state index in [-0.39, 0.29) is 17.4 Å². The van der Waals surface area contributed by atoms with Crippen LogP contribution in [0.1, 0.15) is 15.9 Å². The van der Waals surface area contributed by atoms with E-state index in [1.54, 1.807) is 24.3 Å². The molecule has 0 saturated heterocycles. The molecule has 3 aromatic rings. The molecule has 0 aliphatic carbocycles. The number of nitrogens with zero attached hydrogens (tertiary/aromatic N) is 2. The molecule has 2 aromatic carbocycles. The van der Waals surface area contributed by atoms with E-state index < -0.39 is 0 Å². The van der Waals surface area contributed by atoms with Crippen molar-refractivity contribution in [3.8, 4) is 5.75 Å². The molecule has 0 atom stereocenters. The number of nitrogens with two attached hydrogens (primary N) is 1. The molecule has 0 unspecified atom stereocenters. The number of carbonyl (C=O) groups excluding carboxylic acids is 1. The summed E-state index contributed by atoms with van der Waals surface area (Å²) in [7, 11) is 1.51. The van der Waals surface area contributed by atoms with E-state index in [4.69, 9.17) is 10.5 Å². The Morgan fingerprint density at radius 2 is 1.74 bits per heavy atom. The van der Waals surface area contributed by atoms with E-state index in [1.807, 2.05) is 31.2 Å². The van der Waals surface area contributed by atoms with Crippen LogP contribution in [-0.2, 0) is 0 Å². The van der Waals surface area contributed by atoms with E-state index in [1.165, 1.54) is 13.4 Å². The van der Waals surface area contributed by atoms with Crippen LogP contribution in [0.3, 0.4) is 0 Å². The topological polar surface area (TPSA) is 114 Å². The van der Waals surface area contributed by atoms with E-state index in [2.05, 4.69) is 26.1 Å². The zero-order chi connectivity index (χ0) is 19.2. The van der Waals surface area contributed by atoms with Gasteiger partial charge in [-0.2, -0.15) is 0 Å². The minimum absolute atomic E-state index is 0.279. The van der Waals surface area contributed by atoms with E-state index in [9.17, 15) is 4.79 Å². The van der Waals surface area contributed by atoms with Crippen molar-refractivity contribution < 1.29 is 9.53 Å². The number of ether oxygens (including phenoxy) is 1. The van der Waals surface area contributed by atoms with Gasteiger partial charge in [-0.1, -0.05) is 30.3 Å². The van der Waals surface area contributed by atoms with Crippen molar-refractivity contribution in [2.24, 2.45) is 0 Å². The molecule has 3 rings (SSSR count). The lowest BCUT2D eigenvalue weighted by atomic mass is 10.2. The quantitative estimate of drug-likeness (QED) is 0.497. The van der Waals surface area contributed by atoms with Crippen LogP contribution in [0.5, 0.6) is 5.75 Å². The third-order valence-corrected chi connectivity index (χ3v) is 3.93. The molecule has 1 heterocycles. The highest BCUT2D eigenvalue weighted by molar-refractivity contribution is 5.97. The highest BCUT2D eigenvalue weighted by atomic mass is 16.5. The first-order valence-electron chi connectivity index (χ1n) is 8.22. The van der Waals surface area contributed by atoms with Gasteiger partial charge < -0.3 is 15.8 Å². The fourth-order valence-electron chi connectivity index (χ4n) is 2.45. The van der Waals surface area contributed by atoms with Crippen LogP contribution in [0, 0.1) is 6.92 Å². The number of benzene rings is 2. The molecule has 0 spiro atoms. The first kappa shape index (κ1) is 18.0. The van der Waals surface area contributed by atoms with E-state index in [0.717, 1.165) is 11.3 Å². The van der Waals surface area contributed by atoms with Gasteiger partial charge in [0.25, 0.3) is 5.91 Å². The molecule has 0 fully saturated rings. The van der Waals surface area contributed by atoms with Crippen molar-refractivity contribution in [2.75, 3.05) is 23.6 Å². The summed E-state index contributed by atoms with van der Waals surface area (Å²) in [5.74, 6) is 0.811. The number of hydrazine groups is 1. The highest BCUT2D eigenvalue weighted by Crippen LogP contribution is 2.26. The lowest BCUT2D eigenvalue weighted by molar-refractivity contribution is 0.0959. The second-order valence-corrected chi connectivity index (χ2v) is 5.70. The zero-order valence-corrected chi connectivity index (χ0v) is 15.0. The number of rotatable bonds is 6. The standard InChI is InChI=1S/C19H20N6O2/c1-12-7-3-5-9-14(12)23-17-16(20)18(22-11-21-17)24-25-19(26)13-8-4-6-10-15(13)27-2/h3-11H,20H2,1-2H3,(H,25,26)(H2,21,22,23,24). The second-order valence-electron chi connectivity index (χ2n) is 5.70. The van der Waals surface area contributed by atoms with Crippen molar-refractivity contribution in [1.29, 1.82) is 0 Å². The summed E-state index contributed by atoms with van der Waals surface area (Å²) in [6, 6.07) is 14.7. The Hall–Kier alpha value is -3.81. The molecule has 0 aliphatic rings. The van der Waals surface area contributed by atoms with Gasteiger partial charge in [-0.3, -0.25) is 15.6 Å². The predicted octanol–water partition coefficient (Wildman–Crippen LogP) is 2.88. The van der Waals surface area contributed by atoms with Crippen molar-refractivity contribution in [2.45, 2.75) is 6.92 Å². The zero-order valence-electron chi connectivity index (χ0n) is 15.0. The van der Waals surface area contributed by atoms with Gasteiger partial charge in [0, 0.05) is 5.69 Å². The molecule has 5 N–H and O–H groups in total. The van der Waals surface area contributed by atoms with Gasteiger partial charge in [0.2, 0.25) is 0 Å². The lowest BCUT2D eigenvalue weighted by Crippen LogP contribution is -2.30. The van der Waals surface area contributed by atoms with Crippen LogP contribution in [0.25, 0.3) is 0 Å². The lowest BCUT2D eigenvalue weighted by Gasteiger charge is -2.14. The van der Waals surface area contributed by atoms with Crippen LogP contribution in [0.4, 0.5) is 23.0 Å². The predicted molar refractivity (Wildman–Crippen MR) is 105 cm³/mol. The normalized spacial score (nSPS) is 10.1. The molecule has 8 nitrogen and oxygen atoms in total. The summed E-state index contributed by atoms with van der Waals surface area (Å²) >= 11 is 0. The Kier molecular flexibility index (Phi) is 5.36. The molecule has 138 valence electrons. The van der Waals surface area contributed by atoms with Crippen LogP contribution in [0.15, 0.2) is 54.9 Å². The summed E-state index contributed by atoms with van der Waals surface area (Å²) in [5, 5.41) is 3.17. The molecule has 0 saturated carbocycles. The van der Waals surface area contributed by atoms with Gasteiger partial charge >= 0.3 is 0 Å². The van der Waals surface area contributed by atoms with Crippen LogP contribution < -0.4 is 26.6 Å². The number of nitrogen functional groups attached to an aromatic ring is 1. The second kappa shape index (κ2) is 8.05. The van der Waals surface area contributed by atoms with Gasteiger partial charge in [0.1, 0.15) is 17.8 Å². The van der Waals surface area contributed by atoms with Crippen LogP contribution in [0.2, 0.25) is 0 Å². The first-order valence-corrected chi connectivity index (χ1v) is 8.22. The summed E-state index contributed by atoms with van der Waals surface area (Å²) < 4.78 is 5.19. The summed E-state index contributed by atoms with van der Waals surface area (Å²) in [4.78, 5) is 20.6. The summed E-state index contributed by atoms with van der Waals surface area (Å²) in [6.45, 7) is 1.98. The highest BCUT2D eigenvalue weighted by Gasteiger charge is 2.13. The van der Waals surface area contributed by atoms with Crippen molar-refractivity contribution in [3.05, 3.63) is 66.0 Å². The van der Waals surface area contributed by atoms with Gasteiger partial charge in [0.05, 0.1) is 12.7 Å². The Balaban J connectivity index is 1.74. The number of nitrogens with one attached hydrogen (secondary N) is 3. The molecular weight excluding hydrogens is 344 g/mol. The van der Waals surface area contributed by atoms with Crippen LogP contribution in [-0.4, -0.2) is 23.0 Å². The molecule has 0 aliphatic heterocycles. The maximum absolute atomic E-state index is 12.4. The average Bonchev–Trinajstić information content (AvgIpc) is 2.70. The first-order chi connectivity index (χ1) is 13.1. The van der Waals surface area contributed by atoms with Gasteiger partial charge in [-0.25, -0.2) is 9.97 Å². The Bertz CT molecular complexity index is 960. The SMILES string of the molecule is COc1ccccc1C(=O)NNc1ncnc(Nc2ccccc2C)c1N. The monoisotopic (exact) mass is 364 g/mol. The maximum atomic E-state index is 12.4. The molecular formula is C19H20N6O2. The number of hydrogen-bond donors (Lipinski definition) is 4. The fourth-order valence-corrected chi connectivity index (χ4v) is 2.45. The molecule has 27 heavy (non-hydrogen) atoms. The number of hydrogen-bond acceptors (Lipinski definition) is 7. The van der Waals surface area contributed by atoms with Gasteiger partial charge in [0.15, 0.2) is 11.6 Å². The molecule has 0 radical (unpaired) electrons. The number of aryl methyl sites for hydroxylation is 1. The van der Waals surface area contributed by atoms with E-state index in [0.29, 0.717) is 17.1 Å². The van der Waals surface area contributed by atoms with Crippen molar-refractivity contribution >= 4 is 28.9 Å². The third-order valence-electron chi connectivity index (χ3n) is 3.93.